The molecule has 1 aliphatic heterocycles. The number of carboxylic acid groups (broad SMARTS) is 1. The number of amides is 2. The third-order valence-electron chi connectivity index (χ3n) is 4.63. The molecule has 0 bridgehead atoms. The quantitative estimate of drug-likeness (QED) is 0.359. The highest BCUT2D eigenvalue weighted by atomic mass is 35.5. The zero-order chi connectivity index (χ0) is 22.1. The lowest BCUT2D eigenvalue weighted by Gasteiger charge is -2.29. The molecule has 0 radical (unpaired) electrons. The Morgan fingerprint density at radius 3 is 2.48 bits per heavy atom. The maximum Gasteiger partial charge on any atom is 0.335 e. The molecule has 0 spiro atoms. The normalized spacial score (nSPS) is 15.3. The summed E-state index contributed by atoms with van der Waals surface area (Å²) in [6, 6.07) is 16.3. The van der Waals surface area contributed by atoms with E-state index >= 15 is 0 Å². The summed E-state index contributed by atoms with van der Waals surface area (Å²) in [5.74, 6) is -2.25. The highest BCUT2D eigenvalue weighted by molar-refractivity contribution is 7.80. The minimum atomic E-state index is -1.05. The van der Waals surface area contributed by atoms with Gasteiger partial charge in [-0.3, -0.25) is 19.8 Å². The average Bonchev–Trinajstić information content (AvgIpc) is 3.21. The fraction of sp³-hybridized carbons (Fsp3) is 0. The molecule has 31 heavy (non-hydrogen) atoms. The van der Waals surface area contributed by atoms with E-state index in [0.717, 1.165) is 0 Å². The van der Waals surface area contributed by atoms with Gasteiger partial charge in [-0.05, 0) is 72.9 Å². The minimum absolute atomic E-state index is 0.0287. The Hall–Kier alpha value is -3.75. The third-order valence-corrected chi connectivity index (χ3v) is 5.17. The number of halogens is 1. The van der Waals surface area contributed by atoms with Crippen LogP contribution < -0.4 is 10.2 Å². The minimum Gasteiger partial charge on any atom is -0.478 e. The number of aromatic nitrogens is 1. The molecule has 0 unspecified atom stereocenters. The molecule has 154 valence electrons. The summed E-state index contributed by atoms with van der Waals surface area (Å²) in [7, 11) is 0. The fourth-order valence-corrected chi connectivity index (χ4v) is 3.57. The van der Waals surface area contributed by atoms with Crippen LogP contribution >= 0.6 is 23.8 Å². The molecule has 1 aliphatic rings. The molecule has 1 saturated heterocycles. The number of benzene rings is 2. The molecular weight excluding hydrogens is 438 g/mol. The molecule has 0 aliphatic carbocycles. The highest BCUT2D eigenvalue weighted by Crippen LogP contribution is 2.24. The van der Waals surface area contributed by atoms with Crippen LogP contribution in [-0.4, -0.2) is 32.6 Å². The number of aromatic carboxylic acids is 1. The average molecular weight is 452 g/mol. The second-order valence-corrected chi connectivity index (χ2v) is 7.42. The summed E-state index contributed by atoms with van der Waals surface area (Å²) in [4.78, 5) is 38.2. The molecule has 0 atom stereocenters. The summed E-state index contributed by atoms with van der Waals surface area (Å²) in [6.45, 7) is 0. The maximum atomic E-state index is 13.1. The van der Waals surface area contributed by atoms with Crippen molar-refractivity contribution in [3.63, 3.8) is 0 Å². The van der Waals surface area contributed by atoms with Gasteiger partial charge in [0.2, 0.25) is 0 Å². The van der Waals surface area contributed by atoms with Crippen molar-refractivity contribution < 1.29 is 19.5 Å². The molecule has 2 N–H and O–H groups in total. The second-order valence-electron chi connectivity index (χ2n) is 6.59. The van der Waals surface area contributed by atoms with Crippen molar-refractivity contribution in [1.82, 2.24) is 9.88 Å². The predicted octanol–water partition coefficient (Wildman–Crippen LogP) is 3.66. The number of nitrogens with one attached hydrogen (secondary N) is 1. The van der Waals surface area contributed by atoms with Crippen molar-refractivity contribution in [2.75, 3.05) is 4.90 Å². The largest absolute Gasteiger partial charge is 0.478 e. The van der Waals surface area contributed by atoms with Gasteiger partial charge in [-0.15, -0.1) is 0 Å². The Labute approximate surface area is 187 Å². The van der Waals surface area contributed by atoms with Gasteiger partial charge in [-0.25, -0.2) is 4.79 Å². The van der Waals surface area contributed by atoms with Crippen LogP contribution in [0.3, 0.4) is 0 Å². The van der Waals surface area contributed by atoms with Crippen molar-refractivity contribution in [3.05, 3.63) is 88.7 Å². The van der Waals surface area contributed by atoms with Gasteiger partial charge in [0.1, 0.15) is 5.57 Å². The Morgan fingerprint density at radius 2 is 1.77 bits per heavy atom. The van der Waals surface area contributed by atoms with Gasteiger partial charge in [0.25, 0.3) is 11.8 Å². The first-order chi connectivity index (χ1) is 14.8. The van der Waals surface area contributed by atoms with E-state index in [2.05, 4.69) is 5.32 Å². The number of carbonyl (C=O) groups excluding carboxylic acids is 2. The summed E-state index contributed by atoms with van der Waals surface area (Å²) < 4.78 is 1.68. The van der Waals surface area contributed by atoms with E-state index in [0.29, 0.717) is 22.1 Å². The van der Waals surface area contributed by atoms with Crippen molar-refractivity contribution in [2.45, 2.75) is 0 Å². The van der Waals surface area contributed by atoms with Crippen LogP contribution in [0.15, 0.2) is 72.4 Å². The van der Waals surface area contributed by atoms with Crippen LogP contribution in [0.5, 0.6) is 0 Å². The molecule has 2 heterocycles. The smallest absolute Gasteiger partial charge is 0.335 e. The third kappa shape index (κ3) is 3.98. The molecule has 2 amide bonds. The van der Waals surface area contributed by atoms with Gasteiger partial charge < -0.3 is 9.67 Å². The van der Waals surface area contributed by atoms with Crippen LogP contribution in [0.1, 0.15) is 16.1 Å². The van der Waals surface area contributed by atoms with Crippen LogP contribution in [0.2, 0.25) is 5.02 Å². The summed E-state index contributed by atoms with van der Waals surface area (Å²) >= 11 is 11.1. The van der Waals surface area contributed by atoms with E-state index in [1.807, 2.05) is 0 Å². The monoisotopic (exact) mass is 451 g/mol. The Balaban J connectivity index is 1.74. The van der Waals surface area contributed by atoms with Gasteiger partial charge in [-0.1, -0.05) is 17.7 Å². The zero-order valence-corrected chi connectivity index (χ0v) is 17.4. The maximum absolute atomic E-state index is 13.1. The van der Waals surface area contributed by atoms with Gasteiger partial charge in [0.05, 0.1) is 11.3 Å². The number of carboxylic acids is 1. The van der Waals surface area contributed by atoms with E-state index < -0.39 is 17.8 Å². The number of hydrogen-bond donors (Lipinski definition) is 2. The van der Waals surface area contributed by atoms with Crippen molar-refractivity contribution in [1.29, 1.82) is 0 Å². The Morgan fingerprint density at radius 1 is 1.03 bits per heavy atom. The molecule has 3 aromatic rings. The molecule has 2 aromatic carbocycles. The molecule has 1 aromatic heterocycles. The number of thiocarbonyl (C=S) groups is 1. The van der Waals surface area contributed by atoms with E-state index in [4.69, 9.17) is 23.8 Å². The molecule has 0 saturated carbocycles. The summed E-state index contributed by atoms with van der Waals surface area (Å²) in [6.07, 6.45) is 3.15. The first-order valence-corrected chi connectivity index (χ1v) is 9.82. The number of hydrogen-bond acceptors (Lipinski definition) is 4. The van der Waals surface area contributed by atoms with Crippen molar-refractivity contribution >= 4 is 58.5 Å². The molecule has 7 nitrogen and oxygen atoms in total. The van der Waals surface area contributed by atoms with Crippen molar-refractivity contribution in [3.8, 4) is 5.69 Å². The van der Waals surface area contributed by atoms with E-state index in [1.54, 1.807) is 59.3 Å². The van der Waals surface area contributed by atoms with E-state index in [1.165, 1.54) is 23.1 Å². The van der Waals surface area contributed by atoms with Crippen molar-refractivity contribution in [2.24, 2.45) is 0 Å². The second kappa shape index (κ2) is 8.17. The zero-order valence-electron chi connectivity index (χ0n) is 15.8. The van der Waals surface area contributed by atoms with Crippen LogP contribution in [0, 0.1) is 0 Å². The molecular formula is C22H14ClN3O4S. The van der Waals surface area contributed by atoms with Gasteiger partial charge in [0, 0.05) is 22.6 Å². The summed E-state index contributed by atoms with van der Waals surface area (Å²) in [5.41, 5.74) is 1.57. The SMILES string of the molecule is O=C1NC(=S)N(c2ccc(Cl)cc2)C(=O)/C1=C/c1cccn1-c1cccc(C(=O)O)c1. The van der Waals surface area contributed by atoms with Crippen LogP contribution in [0.25, 0.3) is 11.8 Å². The van der Waals surface area contributed by atoms with Crippen LogP contribution in [-0.2, 0) is 9.59 Å². The van der Waals surface area contributed by atoms with Gasteiger partial charge in [-0.2, -0.15) is 0 Å². The molecule has 4 rings (SSSR count). The fourth-order valence-electron chi connectivity index (χ4n) is 3.17. The number of nitrogens with zero attached hydrogens (tertiary/aromatic N) is 2. The standard InChI is InChI=1S/C22H14ClN3O4S/c23-14-6-8-15(9-7-14)26-20(28)18(19(27)24-22(26)31)12-17-5-2-10-25(17)16-4-1-3-13(11-16)21(29)30/h1-12H,(H,29,30)(H,24,27,31)/b18-12+. The number of rotatable bonds is 4. The Kier molecular flexibility index (Phi) is 5.41. The highest BCUT2D eigenvalue weighted by Gasteiger charge is 2.34. The number of anilines is 1. The first-order valence-electron chi connectivity index (χ1n) is 9.03. The van der Waals surface area contributed by atoms with Crippen LogP contribution in [0.4, 0.5) is 5.69 Å². The lowest BCUT2D eigenvalue weighted by atomic mass is 10.1. The van der Waals surface area contributed by atoms with Gasteiger partial charge in [0.15, 0.2) is 5.11 Å². The molecule has 1 fully saturated rings. The van der Waals surface area contributed by atoms with E-state index in [-0.39, 0.29) is 16.2 Å². The topological polar surface area (TPSA) is 91.6 Å². The lowest BCUT2D eigenvalue weighted by molar-refractivity contribution is -0.122. The predicted molar refractivity (Wildman–Crippen MR) is 120 cm³/mol. The van der Waals surface area contributed by atoms with Gasteiger partial charge >= 0.3 is 5.97 Å². The number of carbonyl (C=O) groups is 3. The summed E-state index contributed by atoms with van der Waals surface area (Å²) in [5, 5.41) is 12.2. The lowest BCUT2D eigenvalue weighted by Crippen LogP contribution is -2.54. The first kappa shape index (κ1) is 20.5. The molecule has 9 heteroatoms. The Bertz CT molecular complexity index is 1260. The van der Waals surface area contributed by atoms with E-state index in [9.17, 15) is 19.5 Å².